The second-order valence-corrected chi connectivity index (χ2v) is 4.10. The monoisotopic (exact) mass is 263 g/mol. The standard InChI is InChI=1S/C17H13NO2/c1-20-17(19)11-16(13-7-3-2-4-8-13)15-10-6-5-9-14(15)12-18/h2-11H,1H3. The van der Waals surface area contributed by atoms with Crippen LogP contribution < -0.4 is 0 Å². The van der Waals surface area contributed by atoms with E-state index >= 15 is 0 Å². The van der Waals surface area contributed by atoms with E-state index < -0.39 is 5.97 Å². The summed E-state index contributed by atoms with van der Waals surface area (Å²) in [6.07, 6.45) is 1.41. The average molecular weight is 263 g/mol. The highest BCUT2D eigenvalue weighted by atomic mass is 16.5. The second-order valence-electron chi connectivity index (χ2n) is 4.10. The van der Waals surface area contributed by atoms with Crippen LogP contribution in [-0.4, -0.2) is 13.1 Å². The van der Waals surface area contributed by atoms with Gasteiger partial charge < -0.3 is 4.74 Å². The second kappa shape index (κ2) is 6.35. The molecule has 98 valence electrons. The summed E-state index contributed by atoms with van der Waals surface area (Å²) in [6.45, 7) is 0. The van der Waals surface area contributed by atoms with Gasteiger partial charge in [-0.2, -0.15) is 5.26 Å². The number of benzene rings is 2. The van der Waals surface area contributed by atoms with Crippen molar-refractivity contribution in [1.29, 1.82) is 5.26 Å². The summed E-state index contributed by atoms with van der Waals surface area (Å²) in [5, 5.41) is 9.21. The van der Waals surface area contributed by atoms with Gasteiger partial charge in [0, 0.05) is 11.6 Å². The van der Waals surface area contributed by atoms with Crippen LogP contribution in [0, 0.1) is 11.3 Å². The highest BCUT2D eigenvalue weighted by molar-refractivity contribution is 5.97. The Balaban J connectivity index is 2.62. The number of nitriles is 1. The van der Waals surface area contributed by atoms with E-state index in [1.54, 1.807) is 12.1 Å². The molecule has 0 saturated carbocycles. The SMILES string of the molecule is COC(=O)C=C(c1ccccc1)c1ccccc1C#N. The van der Waals surface area contributed by atoms with E-state index in [1.165, 1.54) is 13.2 Å². The van der Waals surface area contributed by atoms with Crippen LogP contribution in [0.4, 0.5) is 0 Å². The summed E-state index contributed by atoms with van der Waals surface area (Å²) in [4.78, 5) is 11.6. The molecule has 0 unspecified atom stereocenters. The fourth-order valence-electron chi connectivity index (χ4n) is 1.93. The zero-order valence-electron chi connectivity index (χ0n) is 11.0. The lowest BCUT2D eigenvalue weighted by Crippen LogP contribution is -1.99. The summed E-state index contributed by atoms with van der Waals surface area (Å²) in [7, 11) is 1.33. The van der Waals surface area contributed by atoms with Crippen LogP contribution in [0.25, 0.3) is 5.57 Å². The lowest BCUT2D eigenvalue weighted by Gasteiger charge is -2.09. The van der Waals surface area contributed by atoms with Crippen LogP contribution in [0.2, 0.25) is 0 Å². The number of ether oxygens (including phenoxy) is 1. The molecule has 0 bridgehead atoms. The Labute approximate surface area is 117 Å². The Morgan fingerprint density at radius 1 is 1.10 bits per heavy atom. The van der Waals surface area contributed by atoms with Gasteiger partial charge in [-0.1, -0.05) is 48.5 Å². The van der Waals surface area contributed by atoms with Crippen molar-refractivity contribution in [2.45, 2.75) is 0 Å². The predicted molar refractivity (Wildman–Crippen MR) is 76.7 cm³/mol. The van der Waals surface area contributed by atoms with Crippen molar-refractivity contribution in [2.75, 3.05) is 7.11 Å². The minimum atomic E-state index is -0.448. The van der Waals surface area contributed by atoms with Crippen molar-refractivity contribution in [3.8, 4) is 6.07 Å². The van der Waals surface area contributed by atoms with Gasteiger partial charge in [0.05, 0.1) is 18.7 Å². The third kappa shape index (κ3) is 2.93. The fraction of sp³-hybridized carbons (Fsp3) is 0.0588. The third-order valence-electron chi connectivity index (χ3n) is 2.89. The van der Waals surface area contributed by atoms with Gasteiger partial charge in [0.2, 0.25) is 0 Å². The number of carbonyl (C=O) groups excluding carboxylic acids is 1. The molecular weight excluding hydrogens is 250 g/mol. The fourth-order valence-corrected chi connectivity index (χ4v) is 1.93. The van der Waals surface area contributed by atoms with Gasteiger partial charge in [-0.05, 0) is 17.2 Å². The van der Waals surface area contributed by atoms with Gasteiger partial charge in [-0.25, -0.2) is 4.79 Å². The Morgan fingerprint density at radius 3 is 2.40 bits per heavy atom. The van der Waals surface area contributed by atoms with Gasteiger partial charge in [0.15, 0.2) is 0 Å². The summed E-state index contributed by atoms with van der Waals surface area (Å²) < 4.78 is 4.70. The molecule has 0 radical (unpaired) electrons. The topological polar surface area (TPSA) is 50.1 Å². The molecule has 0 aromatic heterocycles. The highest BCUT2D eigenvalue weighted by Gasteiger charge is 2.11. The van der Waals surface area contributed by atoms with Crippen LogP contribution in [0.5, 0.6) is 0 Å². The van der Waals surface area contributed by atoms with E-state index in [4.69, 9.17) is 4.74 Å². The molecule has 3 heteroatoms. The largest absolute Gasteiger partial charge is 0.466 e. The normalized spacial score (nSPS) is 10.7. The van der Waals surface area contributed by atoms with Gasteiger partial charge >= 0.3 is 5.97 Å². The molecule has 0 saturated heterocycles. The van der Waals surface area contributed by atoms with Crippen LogP contribution in [0.3, 0.4) is 0 Å². The number of methoxy groups -OCH3 is 1. The van der Waals surface area contributed by atoms with E-state index in [2.05, 4.69) is 6.07 Å². The first kappa shape index (κ1) is 13.6. The van der Waals surface area contributed by atoms with Crippen molar-refractivity contribution < 1.29 is 9.53 Å². The smallest absolute Gasteiger partial charge is 0.331 e. The van der Waals surface area contributed by atoms with Gasteiger partial charge in [-0.15, -0.1) is 0 Å². The van der Waals surface area contributed by atoms with Crippen LogP contribution in [-0.2, 0) is 9.53 Å². The van der Waals surface area contributed by atoms with Crippen molar-refractivity contribution in [3.63, 3.8) is 0 Å². The Bertz CT molecular complexity index is 682. The summed E-state index contributed by atoms with van der Waals surface area (Å²) in [5.74, 6) is -0.448. The summed E-state index contributed by atoms with van der Waals surface area (Å²) >= 11 is 0. The first-order chi connectivity index (χ1) is 9.76. The number of nitrogens with zero attached hydrogens (tertiary/aromatic N) is 1. The first-order valence-electron chi connectivity index (χ1n) is 6.11. The van der Waals surface area contributed by atoms with Crippen LogP contribution in [0.15, 0.2) is 60.7 Å². The zero-order valence-corrected chi connectivity index (χ0v) is 11.0. The Morgan fingerprint density at radius 2 is 1.75 bits per heavy atom. The maximum absolute atomic E-state index is 11.6. The van der Waals surface area contributed by atoms with Gasteiger partial charge in [-0.3, -0.25) is 0 Å². The molecular formula is C17H13NO2. The first-order valence-corrected chi connectivity index (χ1v) is 6.11. The number of esters is 1. The quantitative estimate of drug-likeness (QED) is 0.631. The maximum Gasteiger partial charge on any atom is 0.331 e. The molecule has 0 heterocycles. The Hall–Kier alpha value is -2.86. The van der Waals surface area contributed by atoms with E-state index in [1.807, 2.05) is 42.5 Å². The molecule has 0 aliphatic heterocycles. The molecule has 0 N–H and O–H groups in total. The minimum absolute atomic E-state index is 0.448. The lowest BCUT2D eigenvalue weighted by molar-refractivity contribution is -0.134. The lowest BCUT2D eigenvalue weighted by atomic mass is 9.94. The van der Waals surface area contributed by atoms with E-state index in [0.29, 0.717) is 16.7 Å². The maximum atomic E-state index is 11.6. The molecule has 2 rings (SSSR count). The zero-order chi connectivity index (χ0) is 14.4. The average Bonchev–Trinajstić information content (AvgIpc) is 2.53. The molecule has 0 spiro atoms. The van der Waals surface area contributed by atoms with E-state index in [-0.39, 0.29) is 0 Å². The van der Waals surface area contributed by atoms with Crippen molar-refractivity contribution in [1.82, 2.24) is 0 Å². The van der Waals surface area contributed by atoms with Gasteiger partial charge in [0.25, 0.3) is 0 Å². The van der Waals surface area contributed by atoms with Crippen molar-refractivity contribution >= 4 is 11.5 Å². The molecule has 0 aliphatic carbocycles. The summed E-state index contributed by atoms with van der Waals surface area (Å²) in [6, 6.07) is 18.8. The number of rotatable bonds is 3. The predicted octanol–water partition coefficient (Wildman–Crippen LogP) is 3.16. The third-order valence-corrected chi connectivity index (χ3v) is 2.89. The molecule has 0 amide bonds. The minimum Gasteiger partial charge on any atom is -0.466 e. The van der Waals surface area contributed by atoms with Gasteiger partial charge in [0.1, 0.15) is 0 Å². The van der Waals surface area contributed by atoms with Crippen LogP contribution in [0.1, 0.15) is 16.7 Å². The molecule has 0 fully saturated rings. The highest BCUT2D eigenvalue weighted by Crippen LogP contribution is 2.26. The molecule has 20 heavy (non-hydrogen) atoms. The number of hydrogen-bond acceptors (Lipinski definition) is 3. The van der Waals surface area contributed by atoms with E-state index in [9.17, 15) is 10.1 Å². The number of carbonyl (C=O) groups is 1. The molecule has 3 nitrogen and oxygen atoms in total. The van der Waals surface area contributed by atoms with Crippen molar-refractivity contribution in [2.24, 2.45) is 0 Å². The molecule has 0 atom stereocenters. The van der Waals surface area contributed by atoms with Crippen LogP contribution >= 0.6 is 0 Å². The molecule has 0 aliphatic rings. The summed E-state index contributed by atoms with van der Waals surface area (Å²) in [5.41, 5.74) is 2.77. The Kier molecular flexibility index (Phi) is 4.31. The molecule has 2 aromatic rings. The molecule has 2 aromatic carbocycles. The van der Waals surface area contributed by atoms with E-state index in [0.717, 1.165) is 5.56 Å². The van der Waals surface area contributed by atoms with Crippen molar-refractivity contribution in [3.05, 3.63) is 77.4 Å². The number of hydrogen-bond donors (Lipinski definition) is 0.